The summed E-state index contributed by atoms with van der Waals surface area (Å²) in [6.45, 7) is 3.66. The van der Waals surface area contributed by atoms with Crippen LogP contribution in [0.4, 0.5) is 0 Å². The van der Waals surface area contributed by atoms with Crippen molar-refractivity contribution in [1.82, 2.24) is 10.2 Å². The van der Waals surface area contributed by atoms with Crippen LogP contribution in [0.5, 0.6) is 0 Å². The number of nitriles is 1. The van der Waals surface area contributed by atoms with Crippen molar-refractivity contribution in [1.29, 1.82) is 5.26 Å². The molecule has 1 atom stereocenters. The zero-order valence-corrected chi connectivity index (χ0v) is 15.0. The van der Waals surface area contributed by atoms with Crippen LogP contribution in [0, 0.1) is 17.2 Å². The molecule has 0 aliphatic carbocycles. The van der Waals surface area contributed by atoms with E-state index in [2.05, 4.69) is 22.4 Å². The number of nitrogens with one attached hydrogen (secondary N) is 1. The van der Waals surface area contributed by atoms with Gasteiger partial charge in [0.2, 0.25) is 5.91 Å². The first-order valence-corrected chi connectivity index (χ1v) is 9.18. The van der Waals surface area contributed by atoms with Crippen molar-refractivity contribution in [2.45, 2.75) is 44.2 Å². The Morgan fingerprint density at radius 2 is 2.24 bits per heavy atom. The number of likely N-dealkylation sites (tertiary alicyclic amines) is 1. The second-order valence-electron chi connectivity index (χ2n) is 7.36. The molecule has 1 aromatic rings. The molecular formula is C20H27N3O2. The Morgan fingerprint density at radius 1 is 1.44 bits per heavy atom. The average Bonchev–Trinajstić information content (AvgIpc) is 2.64. The number of benzene rings is 1. The van der Waals surface area contributed by atoms with E-state index in [-0.39, 0.29) is 11.5 Å². The van der Waals surface area contributed by atoms with Crippen molar-refractivity contribution >= 4 is 5.91 Å². The molecule has 5 nitrogen and oxygen atoms in total. The summed E-state index contributed by atoms with van der Waals surface area (Å²) in [6, 6.07) is 10.1. The van der Waals surface area contributed by atoms with Gasteiger partial charge in [-0.15, -0.1) is 0 Å². The van der Waals surface area contributed by atoms with Gasteiger partial charge in [-0.05, 0) is 49.3 Å². The van der Waals surface area contributed by atoms with Crippen molar-refractivity contribution in [3.05, 3.63) is 35.4 Å². The predicted octanol–water partition coefficient (Wildman–Crippen LogP) is 2.46. The summed E-state index contributed by atoms with van der Waals surface area (Å²) in [7, 11) is 1.71. The number of piperidine rings is 1. The van der Waals surface area contributed by atoms with Crippen molar-refractivity contribution in [3.8, 4) is 6.07 Å². The lowest BCUT2D eigenvalue weighted by atomic mass is 9.78. The maximum atomic E-state index is 11.7. The third-order valence-corrected chi connectivity index (χ3v) is 5.58. The van der Waals surface area contributed by atoms with Crippen molar-refractivity contribution in [2.75, 3.05) is 26.7 Å². The molecule has 1 N–H and O–H groups in total. The monoisotopic (exact) mass is 341 g/mol. The van der Waals surface area contributed by atoms with E-state index in [9.17, 15) is 4.79 Å². The lowest BCUT2D eigenvalue weighted by Crippen LogP contribution is -2.49. The first-order valence-electron chi connectivity index (χ1n) is 9.18. The molecule has 5 heteroatoms. The number of nitrogens with zero attached hydrogens (tertiary/aromatic N) is 2. The Balaban J connectivity index is 1.54. The van der Waals surface area contributed by atoms with Gasteiger partial charge >= 0.3 is 0 Å². The summed E-state index contributed by atoms with van der Waals surface area (Å²) < 4.78 is 6.19. The average molecular weight is 341 g/mol. The largest absolute Gasteiger partial charge is 0.375 e. The van der Waals surface area contributed by atoms with Crippen LogP contribution in [0.25, 0.3) is 0 Å². The number of carbonyl (C=O) groups excluding carboxylic acids is 1. The van der Waals surface area contributed by atoms with Crippen LogP contribution >= 0.6 is 0 Å². The van der Waals surface area contributed by atoms with Crippen LogP contribution in [0.3, 0.4) is 0 Å². The van der Waals surface area contributed by atoms with Gasteiger partial charge in [0, 0.05) is 39.7 Å². The number of amides is 1. The minimum atomic E-state index is -0.0397. The van der Waals surface area contributed by atoms with Gasteiger partial charge in [0.25, 0.3) is 0 Å². The Labute approximate surface area is 150 Å². The Hall–Kier alpha value is -1.90. The van der Waals surface area contributed by atoms with Crippen LogP contribution in [-0.2, 0) is 16.1 Å². The number of carbonyl (C=O) groups is 1. The minimum absolute atomic E-state index is 0.0397. The second-order valence-corrected chi connectivity index (χ2v) is 7.36. The number of rotatable bonds is 4. The topological polar surface area (TPSA) is 65.4 Å². The van der Waals surface area contributed by atoms with E-state index >= 15 is 0 Å². The lowest BCUT2D eigenvalue weighted by Gasteiger charge is -2.46. The molecule has 2 aliphatic heterocycles. The molecule has 2 heterocycles. The first-order chi connectivity index (χ1) is 12.1. The van der Waals surface area contributed by atoms with Gasteiger partial charge in [-0.2, -0.15) is 5.26 Å². The molecule has 25 heavy (non-hydrogen) atoms. The van der Waals surface area contributed by atoms with Gasteiger partial charge in [-0.3, -0.25) is 9.69 Å². The van der Waals surface area contributed by atoms with E-state index in [0.717, 1.165) is 57.5 Å². The maximum Gasteiger partial charge on any atom is 0.220 e. The zero-order valence-electron chi connectivity index (χ0n) is 15.0. The predicted molar refractivity (Wildman–Crippen MR) is 95.8 cm³/mol. The normalized spacial score (nSPS) is 23.1. The van der Waals surface area contributed by atoms with Crippen LogP contribution in [0.1, 0.15) is 43.2 Å². The SMILES string of the molecule is CNC(=O)CC1CCOC2(CCN(Cc3cccc(C#N)c3)CC2)C1. The van der Waals surface area contributed by atoms with Gasteiger partial charge in [-0.25, -0.2) is 0 Å². The molecular weight excluding hydrogens is 314 g/mol. The van der Waals surface area contributed by atoms with Gasteiger partial charge in [0.05, 0.1) is 17.2 Å². The minimum Gasteiger partial charge on any atom is -0.375 e. The fourth-order valence-corrected chi connectivity index (χ4v) is 4.13. The third kappa shape index (κ3) is 4.59. The molecule has 0 saturated carbocycles. The molecule has 1 spiro atoms. The molecule has 1 amide bonds. The molecule has 0 bridgehead atoms. The number of hydrogen-bond donors (Lipinski definition) is 1. The number of ether oxygens (including phenoxy) is 1. The highest BCUT2D eigenvalue weighted by atomic mass is 16.5. The van der Waals surface area contributed by atoms with Crippen LogP contribution in [-0.4, -0.2) is 43.2 Å². The van der Waals surface area contributed by atoms with E-state index in [1.54, 1.807) is 7.05 Å². The summed E-state index contributed by atoms with van der Waals surface area (Å²) in [5.74, 6) is 0.574. The molecule has 2 saturated heterocycles. The molecule has 0 radical (unpaired) electrons. The van der Waals surface area contributed by atoms with Crippen LogP contribution in [0.2, 0.25) is 0 Å². The molecule has 0 aromatic heterocycles. The van der Waals surface area contributed by atoms with E-state index < -0.39 is 0 Å². The fourth-order valence-electron chi connectivity index (χ4n) is 4.13. The summed E-state index contributed by atoms with van der Waals surface area (Å²) in [6.07, 6.45) is 4.65. The fraction of sp³-hybridized carbons (Fsp3) is 0.600. The van der Waals surface area contributed by atoms with Gasteiger partial charge in [0.15, 0.2) is 0 Å². The highest BCUT2D eigenvalue weighted by Gasteiger charge is 2.40. The zero-order chi connectivity index (χ0) is 17.7. The van der Waals surface area contributed by atoms with E-state index in [4.69, 9.17) is 10.00 Å². The van der Waals surface area contributed by atoms with Gasteiger partial charge < -0.3 is 10.1 Å². The van der Waals surface area contributed by atoms with Crippen LogP contribution < -0.4 is 5.32 Å². The molecule has 2 aliphatic rings. The second kappa shape index (κ2) is 7.99. The highest BCUT2D eigenvalue weighted by molar-refractivity contribution is 5.75. The molecule has 3 rings (SSSR count). The number of hydrogen-bond acceptors (Lipinski definition) is 4. The summed E-state index contributed by atoms with van der Waals surface area (Å²) in [4.78, 5) is 14.1. The van der Waals surface area contributed by atoms with E-state index in [1.165, 1.54) is 5.56 Å². The Kier molecular flexibility index (Phi) is 5.72. The molecule has 2 fully saturated rings. The molecule has 134 valence electrons. The standard InChI is InChI=1S/C20H27N3O2/c1-22-19(24)12-16-5-10-25-20(13-16)6-8-23(9-7-20)15-18-4-2-3-17(11-18)14-21/h2-4,11,16H,5-10,12-13,15H2,1H3,(H,22,24). The van der Waals surface area contributed by atoms with Crippen molar-refractivity contribution in [2.24, 2.45) is 5.92 Å². The van der Waals surface area contributed by atoms with E-state index in [0.29, 0.717) is 12.3 Å². The van der Waals surface area contributed by atoms with Gasteiger partial charge in [0.1, 0.15) is 0 Å². The van der Waals surface area contributed by atoms with Crippen LogP contribution in [0.15, 0.2) is 24.3 Å². The quantitative estimate of drug-likeness (QED) is 0.914. The lowest BCUT2D eigenvalue weighted by molar-refractivity contribution is -0.136. The third-order valence-electron chi connectivity index (χ3n) is 5.58. The maximum absolute atomic E-state index is 11.7. The van der Waals surface area contributed by atoms with Crippen molar-refractivity contribution in [3.63, 3.8) is 0 Å². The molecule has 1 unspecified atom stereocenters. The smallest absolute Gasteiger partial charge is 0.220 e. The highest BCUT2D eigenvalue weighted by Crippen LogP contribution is 2.39. The molecule has 1 aromatic carbocycles. The van der Waals surface area contributed by atoms with Gasteiger partial charge in [-0.1, -0.05) is 12.1 Å². The Morgan fingerprint density at radius 3 is 2.96 bits per heavy atom. The summed E-state index contributed by atoms with van der Waals surface area (Å²) in [5, 5.41) is 11.8. The van der Waals surface area contributed by atoms with E-state index in [1.807, 2.05) is 18.2 Å². The summed E-state index contributed by atoms with van der Waals surface area (Å²) >= 11 is 0. The summed E-state index contributed by atoms with van der Waals surface area (Å²) in [5.41, 5.74) is 1.87. The Bertz CT molecular complexity index is 645. The van der Waals surface area contributed by atoms with Crippen molar-refractivity contribution < 1.29 is 9.53 Å². The first kappa shape index (κ1) is 17.9.